The molecule has 1 aromatic rings. The van der Waals surface area contributed by atoms with E-state index in [0.717, 1.165) is 70.0 Å². The van der Waals surface area contributed by atoms with Gasteiger partial charge in [0.25, 0.3) is 5.91 Å². The van der Waals surface area contributed by atoms with E-state index in [1.54, 1.807) is 6.92 Å². The van der Waals surface area contributed by atoms with E-state index in [1.165, 1.54) is 12.8 Å². The summed E-state index contributed by atoms with van der Waals surface area (Å²) in [6.45, 7) is 3.19. The second-order valence-corrected chi connectivity index (χ2v) is 9.84. The summed E-state index contributed by atoms with van der Waals surface area (Å²) in [5.41, 5.74) is 1.73. The summed E-state index contributed by atoms with van der Waals surface area (Å²) in [5.74, 6) is 0.968. The Morgan fingerprint density at radius 2 is 1.74 bits per heavy atom. The number of carbonyl (C=O) groups is 3. The molecule has 5 heteroatoms. The first-order chi connectivity index (χ1) is 15.0. The quantitative estimate of drug-likeness (QED) is 0.733. The number of benzene rings is 1. The van der Waals surface area contributed by atoms with Crippen molar-refractivity contribution < 1.29 is 14.4 Å². The highest BCUT2D eigenvalue weighted by Crippen LogP contribution is 2.33. The SMILES string of the molecule is CC(=O)[C@H](NC(=O)c1cccc(C2CCCN(C(=O)C3CCC3)C2)c1)C1CCCCC1. The van der Waals surface area contributed by atoms with Crippen molar-refractivity contribution in [3.8, 4) is 0 Å². The Morgan fingerprint density at radius 1 is 0.968 bits per heavy atom. The summed E-state index contributed by atoms with van der Waals surface area (Å²) < 4.78 is 0. The summed E-state index contributed by atoms with van der Waals surface area (Å²) in [7, 11) is 0. The van der Waals surface area contributed by atoms with Crippen LogP contribution in [0.5, 0.6) is 0 Å². The molecule has 0 bridgehead atoms. The molecule has 3 fully saturated rings. The number of carbonyl (C=O) groups excluding carboxylic acids is 3. The van der Waals surface area contributed by atoms with Gasteiger partial charge >= 0.3 is 0 Å². The molecule has 0 spiro atoms. The zero-order valence-electron chi connectivity index (χ0n) is 18.8. The molecule has 1 unspecified atom stereocenters. The predicted molar refractivity (Wildman–Crippen MR) is 121 cm³/mol. The first-order valence-electron chi connectivity index (χ1n) is 12.2. The number of ketones is 1. The number of piperidine rings is 1. The monoisotopic (exact) mass is 424 g/mol. The summed E-state index contributed by atoms with van der Waals surface area (Å²) in [4.78, 5) is 40.0. The second kappa shape index (κ2) is 9.97. The smallest absolute Gasteiger partial charge is 0.251 e. The Kier molecular flexibility index (Phi) is 7.09. The topological polar surface area (TPSA) is 66.5 Å². The van der Waals surface area contributed by atoms with Crippen molar-refractivity contribution in [2.75, 3.05) is 13.1 Å². The van der Waals surface area contributed by atoms with E-state index in [-0.39, 0.29) is 35.5 Å². The fourth-order valence-corrected chi connectivity index (χ4v) is 5.54. The minimum absolute atomic E-state index is 0.0498. The first-order valence-corrected chi connectivity index (χ1v) is 12.2. The molecule has 2 aliphatic carbocycles. The van der Waals surface area contributed by atoms with Gasteiger partial charge in [-0.05, 0) is 69.1 Å². The van der Waals surface area contributed by atoms with Crippen LogP contribution in [0.1, 0.15) is 93.0 Å². The summed E-state index contributed by atoms with van der Waals surface area (Å²) in [6.07, 6.45) is 10.8. The number of Topliss-reactive ketones (excluding diaryl/α,β-unsaturated/α-hetero) is 1. The van der Waals surface area contributed by atoms with Crippen LogP contribution in [0.15, 0.2) is 24.3 Å². The summed E-state index contributed by atoms with van der Waals surface area (Å²) >= 11 is 0. The maximum Gasteiger partial charge on any atom is 0.251 e. The molecule has 1 N–H and O–H groups in total. The number of likely N-dealkylation sites (tertiary alicyclic amines) is 1. The fraction of sp³-hybridized carbons (Fsp3) is 0.654. The van der Waals surface area contributed by atoms with Gasteiger partial charge in [0.1, 0.15) is 0 Å². The van der Waals surface area contributed by atoms with Crippen LogP contribution in [0.25, 0.3) is 0 Å². The van der Waals surface area contributed by atoms with Crippen LogP contribution in [0.3, 0.4) is 0 Å². The molecule has 2 amide bonds. The zero-order chi connectivity index (χ0) is 21.8. The van der Waals surface area contributed by atoms with E-state index in [2.05, 4.69) is 11.4 Å². The highest BCUT2D eigenvalue weighted by molar-refractivity contribution is 5.97. The van der Waals surface area contributed by atoms with Crippen LogP contribution in [0.4, 0.5) is 0 Å². The van der Waals surface area contributed by atoms with Crippen LogP contribution >= 0.6 is 0 Å². The molecular weight excluding hydrogens is 388 g/mol. The number of hydrogen-bond acceptors (Lipinski definition) is 3. The Balaban J connectivity index is 1.42. The average molecular weight is 425 g/mol. The molecule has 31 heavy (non-hydrogen) atoms. The minimum atomic E-state index is -0.387. The summed E-state index contributed by atoms with van der Waals surface area (Å²) in [5, 5.41) is 3.04. The van der Waals surface area contributed by atoms with Gasteiger partial charge in [-0.25, -0.2) is 0 Å². The van der Waals surface area contributed by atoms with Crippen LogP contribution in [0, 0.1) is 11.8 Å². The molecule has 0 aromatic heterocycles. The van der Waals surface area contributed by atoms with E-state index in [4.69, 9.17) is 0 Å². The van der Waals surface area contributed by atoms with Gasteiger partial charge in [0.05, 0.1) is 6.04 Å². The third-order valence-electron chi connectivity index (χ3n) is 7.65. The van der Waals surface area contributed by atoms with Crippen molar-refractivity contribution in [1.29, 1.82) is 0 Å². The van der Waals surface area contributed by atoms with Gasteiger partial charge in [-0.3, -0.25) is 14.4 Å². The van der Waals surface area contributed by atoms with Crippen LogP contribution in [0.2, 0.25) is 0 Å². The van der Waals surface area contributed by atoms with Crippen molar-refractivity contribution in [2.45, 2.75) is 83.1 Å². The molecular formula is C26H36N2O3. The Hall–Kier alpha value is -2.17. The average Bonchev–Trinajstić information content (AvgIpc) is 2.76. The van der Waals surface area contributed by atoms with Gasteiger partial charge in [0.2, 0.25) is 5.91 Å². The zero-order valence-corrected chi connectivity index (χ0v) is 18.8. The number of rotatable bonds is 6. The van der Waals surface area contributed by atoms with Crippen LogP contribution in [-0.2, 0) is 9.59 Å². The van der Waals surface area contributed by atoms with Crippen molar-refractivity contribution in [1.82, 2.24) is 10.2 Å². The molecule has 3 aliphatic rings. The first kappa shape index (κ1) is 22.0. The van der Waals surface area contributed by atoms with Crippen LogP contribution in [-0.4, -0.2) is 41.6 Å². The summed E-state index contributed by atoms with van der Waals surface area (Å²) in [6, 6.07) is 7.41. The van der Waals surface area contributed by atoms with Crippen molar-refractivity contribution in [3.63, 3.8) is 0 Å². The Labute approximate surface area is 186 Å². The molecule has 1 aliphatic heterocycles. The second-order valence-electron chi connectivity index (χ2n) is 9.84. The molecule has 4 rings (SSSR count). The highest BCUT2D eigenvalue weighted by Gasteiger charge is 2.33. The molecule has 1 heterocycles. The number of nitrogens with one attached hydrogen (secondary N) is 1. The van der Waals surface area contributed by atoms with Gasteiger partial charge in [-0.15, -0.1) is 0 Å². The highest BCUT2D eigenvalue weighted by atomic mass is 16.2. The lowest BCUT2D eigenvalue weighted by Crippen LogP contribution is -2.45. The van der Waals surface area contributed by atoms with Crippen molar-refractivity contribution in [2.24, 2.45) is 11.8 Å². The van der Waals surface area contributed by atoms with Crippen LogP contribution < -0.4 is 5.32 Å². The van der Waals surface area contributed by atoms with E-state index < -0.39 is 0 Å². The van der Waals surface area contributed by atoms with E-state index in [1.807, 2.05) is 23.1 Å². The van der Waals surface area contributed by atoms with Crippen molar-refractivity contribution >= 4 is 17.6 Å². The number of hydrogen-bond donors (Lipinski definition) is 1. The molecule has 168 valence electrons. The van der Waals surface area contributed by atoms with Gasteiger partial charge in [-0.1, -0.05) is 37.8 Å². The molecule has 2 atom stereocenters. The van der Waals surface area contributed by atoms with E-state index in [9.17, 15) is 14.4 Å². The number of amides is 2. The lowest BCUT2D eigenvalue weighted by molar-refractivity contribution is -0.139. The third-order valence-corrected chi connectivity index (χ3v) is 7.65. The normalized spacial score (nSPS) is 23.6. The lowest BCUT2D eigenvalue weighted by atomic mass is 9.82. The maximum atomic E-state index is 13.0. The molecule has 5 nitrogen and oxygen atoms in total. The fourth-order valence-electron chi connectivity index (χ4n) is 5.54. The number of nitrogens with zero attached hydrogens (tertiary/aromatic N) is 1. The van der Waals surface area contributed by atoms with Crippen molar-refractivity contribution in [3.05, 3.63) is 35.4 Å². The molecule has 2 saturated carbocycles. The van der Waals surface area contributed by atoms with Gasteiger partial charge < -0.3 is 10.2 Å². The molecule has 1 aromatic carbocycles. The Bertz CT molecular complexity index is 811. The van der Waals surface area contributed by atoms with Gasteiger partial charge in [0.15, 0.2) is 5.78 Å². The molecule has 0 radical (unpaired) electrons. The Morgan fingerprint density at radius 3 is 2.42 bits per heavy atom. The third kappa shape index (κ3) is 5.19. The maximum absolute atomic E-state index is 13.0. The standard InChI is InChI=1S/C26H36N2O3/c1-18(29)24(19-8-3-2-4-9-19)27-25(30)22-13-6-12-21(16-22)23-14-7-15-28(17-23)26(31)20-10-5-11-20/h6,12-13,16,19-20,23-24H,2-5,7-11,14-15,17H2,1H3,(H,27,30)/t23?,24-/m0/s1. The predicted octanol–water partition coefficient (Wildman–Crippen LogP) is 4.46. The van der Waals surface area contributed by atoms with Gasteiger partial charge in [-0.2, -0.15) is 0 Å². The molecule has 1 saturated heterocycles. The van der Waals surface area contributed by atoms with Gasteiger partial charge in [0, 0.05) is 30.5 Å². The minimum Gasteiger partial charge on any atom is -0.342 e. The lowest BCUT2D eigenvalue weighted by Gasteiger charge is -2.37. The largest absolute Gasteiger partial charge is 0.342 e. The van der Waals surface area contributed by atoms with E-state index >= 15 is 0 Å². The van der Waals surface area contributed by atoms with E-state index in [0.29, 0.717) is 11.5 Å².